The van der Waals surface area contributed by atoms with E-state index >= 15 is 4.39 Å². The molecule has 0 amide bonds. The fourth-order valence-corrected chi connectivity index (χ4v) is 3.16. The van der Waals surface area contributed by atoms with Gasteiger partial charge in [0.1, 0.15) is 12.4 Å². The zero-order valence-electron chi connectivity index (χ0n) is 16.3. The Bertz CT molecular complexity index is 1260. The van der Waals surface area contributed by atoms with Crippen molar-refractivity contribution >= 4 is 0 Å². The molecule has 8 heteroatoms. The lowest BCUT2D eigenvalue weighted by molar-refractivity contribution is 0.289. The van der Waals surface area contributed by atoms with Crippen LogP contribution in [0.25, 0.3) is 16.8 Å². The van der Waals surface area contributed by atoms with Crippen LogP contribution in [0.5, 0.6) is 5.75 Å². The van der Waals surface area contributed by atoms with Crippen LogP contribution < -0.4 is 10.4 Å². The highest BCUT2D eigenvalue weighted by Gasteiger charge is 2.16. The summed E-state index contributed by atoms with van der Waals surface area (Å²) in [7, 11) is 1.51. The van der Waals surface area contributed by atoms with E-state index in [1.807, 2.05) is 13.0 Å². The molecule has 152 valence electrons. The summed E-state index contributed by atoms with van der Waals surface area (Å²) in [6.45, 7) is 1.89. The predicted molar refractivity (Wildman–Crippen MR) is 107 cm³/mol. The van der Waals surface area contributed by atoms with Gasteiger partial charge in [-0.05, 0) is 52.7 Å². The average Bonchev–Trinajstić information content (AvgIpc) is 3.07. The first kappa shape index (κ1) is 19.5. The van der Waals surface area contributed by atoms with E-state index in [2.05, 4.69) is 10.4 Å². The van der Waals surface area contributed by atoms with Gasteiger partial charge < -0.3 is 4.74 Å². The highest BCUT2D eigenvalue weighted by atomic mass is 19.1. The quantitative estimate of drug-likeness (QED) is 0.504. The van der Waals surface area contributed by atoms with Crippen LogP contribution in [-0.4, -0.2) is 19.8 Å². The molecule has 4 aromatic rings. The van der Waals surface area contributed by atoms with E-state index in [9.17, 15) is 9.18 Å². The summed E-state index contributed by atoms with van der Waals surface area (Å²) in [6, 6.07) is 15.8. The Labute approximate surface area is 170 Å². The molecule has 0 bridgehead atoms. The predicted octanol–water partition coefficient (Wildman–Crippen LogP) is 3.80. The van der Waals surface area contributed by atoms with Crippen LogP contribution in [0, 0.1) is 18.6 Å². The molecular formula is C22H18F2N4O2. The number of hydrogen-bond donors (Lipinski definition) is 0. The Morgan fingerprint density at radius 2 is 1.70 bits per heavy atom. The van der Waals surface area contributed by atoms with Gasteiger partial charge in [0.25, 0.3) is 0 Å². The Kier molecular flexibility index (Phi) is 5.14. The summed E-state index contributed by atoms with van der Waals surface area (Å²) in [5, 5.41) is 7.61. The van der Waals surface area contributed by atoms with E-state index in [0.29, 0.717) is 22.4 Å². The minimum absolute atomic E-state index is 0.0226. The SMILES string of the molecule is Cc1cccc(-n2nnn(C)c2=O)c1COc1cccc(-c2ccc(F)cc2)c1F. The standard InChI is InChI=1S/C22H18F2N4O2/c1-14-5-3-7-19(28-22(29)27(2)25-26-28)18(14)13-30-20-8-4-6-17(21(20)24)15-9-11-16(23)12-10-15/h3-12H,13H2,1-2H3. The molecule has 0 saturated carbocycles. The molecule has 0 N–H and O–H groups in total. The van der Waals surface area contributed by atoms with Crippen LogP contribution in [0.1, 0.15) is 11.1 Å². The minimum atomic E-state index is -0.545. The molecule has 0 radical (unpaired) electrons. The normalized spacial score (nSPS) is 10.9. The summed E-state index contributed by atoms with van der Waals surface area (Å²) >= 11 is 0. The molecular weight excluding hydrogens is 390 g/mol. The van der Waals surface area contributed by atoms with E-state index in [-0.39, 0.29) is 12.4 Å². The third-order valence-corrected chi connectivity index (χ3v) is 4.83. The molecule has 3 aromatic carbocycles. The number of ether oxygens (including phenoxy) is 1. The number of halogens is 2. The van der Waals surface area contributed by atoms with Crippen molar-refractivity contribution in [3.05, 3.63) is 93.9 Å². The number of rotatable bonds is 5. The number of hydrogen-bond acceptors (Lipinski definition) is 4. The maximum Gasteiger partial charge on any atom is 0.368 e. The van der Waals surface area contributed by atoms with E-state index in [1.54, 1.807) is 24.3 Å². The first-order chi connectivity index (χ1) is 14.5. The lowest BCUT2D eigenvalue weighted by Gasteiger charge is -2.14. The summed E-state index contributed by atoms with van der Waals surface area (Å²) in [6.07, 6.45) is 0. The third kappa shape index (κ3) is 3.59. The fourth-order valence-electron chi connectivity index (χ4n) is 3.16. The molecule has 0 fully saturated rings. The van der Waals surface area contributed by atoms with Crippen LogP contribution in [0.2, 0.25) is 0 Å². The Hall–Kier alpha value is -3.81. The van der Waals surface area contributed by atoms with Gasteiger partial charge in [0.05, 0.1) is 5.69 Å². The first-order valence-corrected chi connectivity index (χ1v) is 9.21. The van der Waals surface area contributed by atoms with Crippen molar-refractivity contribution in [2.45, 2.75) is 13.5 Å². The van der Waals surface area contributed by atoms with Crippen molar-refractivity contribution in [1.29, 1.82) is 0 Å². The second kappa shape index (κ2) is 7.90. The number of benzene rings is 3. The van der Waals surface area contributed by atoms with Gasteiger partial charge in [0.2, 0.25) is 0 Å². The van der Waals surface area contributed by atoms with Crippen LogP contribution in [-0.2, 0) is 13.7 Å². The van der Waals surface area contributed by atoms with Crippen molar-refractivity contribution < 1.29 is 13.5 Å². The van der Waals surface area contributed by atoms with Crippen molar-refractivity contribution in [1.82, 2.24) is 19.8 Å². The fraction of sp³-hybridized carbons (Fsp3) is 0.136. The summed E-state index contributed by atoms with van der Waals surface area (Å²) in [5.74, 6) is -0.883. The Balaban J connectivity index is 1.67. The molecule has 0 atom stereocenters. The summed E-state index contributed by atoms with van der Waals surface area (Å²) < 4.78 is 36.3. The van der Waals surface area contributed by atoms with E-state index < -0.39 is 17.3 Å². The zero-order valence-corrected chi connectivity index (χ0v) is 16.3. The van der Waals surface area contributed by atoms with Crippen molar-refractivity contribution in [3.8, 4) is 22.6 Å². The van der Waals surface area contributed by atoms with Crippen LogP contribution in [0.4, 0.5) is 8.78 Å². The zero-order chi connectivity index (χ0) is 21.3. The summed E-state index contributed by atoms with van der Waals surface area (Å²) in [4.78, 5) is 12.3. The van der Waals surface area contributed by atoms with Gasteiger partial charge in [-0.1, -0.05) is 36.4 Å². The largest absolute Gasteiger partial charge is 0.486 e. The maximum atomic E-state index is 15.1. The number of aromatic nitrogens is 4. The molecule has 6 nitrogen and oxygen atoms in total. The van der Waals surface area contributed by atoms with Crippen LogP contribution in [0.15, 0.2) is 65.5 Å². The summed E-state index contributed by atoms with van der Waals surface area (Å²) in [5.41, 5.74) is 2.52. The van der Waals surface area contributed by atoms with E-state index in [1.165, 1.54) is 42.1 Å². The van der Waals surface area contributed by atoms with Gasteiger partial charge in [-0.15, -0.1) is 0 Å². The third-order valence-electron chi connectivity index (χ3n) is 4.83. The van der Waals surface area contributed by atoms with Crippen molar-refractivity contribution in [2.75, 3.05) is 0 Å². The Morgan fingerprint density at radius 1 is 0.967 bits per heavy atom. The second-order valence-electron chi connectivity index (χ2n) is 6.78. The van der Waals surface area contributed by atoms with E-state index in [0.717, 1.165) is 10.2 Å². The molecule has 30 heavy (non-hydrogen) atoms. The number of tetrazole rings is 1. The molecule has 1 aromatic heterocycles. The topological polar surface area (TPSA) is 61.9 Å². The van der Waals surface area contributed by atoms with E-state index in [4.69, 9.17) is 4.74 Å². The van der Waals surface area contributed by atoms with Gasteiger partial charge in [0.15, 0.2) is 11.6 Å². The van der Waals surface area contributed by atoms with Gasteiger partial charge in [-0.25, -0.2) is 13.6 Å². The molecule has 1 heterocycles. The molecule has 0 aliphatic rings. The molecule has 0 saturated heterocycles. The second-order valence-corrected chi connectivity index (χ2v) is 6.78. The van der Waals surface area contributed by atoms with Gasteiger partial charge in [0, 0.05) is 18.2 Å². The Morgan fingerprint density at radius 3 is 2.40 bits per heavy atom. The minimum Gasteiger partial charge on any atom is -0.486 e. The van der Waals surface area contributed by atoms with Crippen molar-refractivity contribution in [2.24, 2.45) is 7.05 Å². The molecule has 0 aliphatic carbocycles. The monoisotopic (exact) mass is 408 g/mol. The van der Waals surface area contributed by atoms with Crippen LogP contribution in [0.3, 0.4) is 0 Å². The maximum absolute atomic E-state index is 15.1. The average molecular weight is 408 g/mol. The van der Waals surface area contributed by atoms with Gasteiger partial charge in [-0.3, -0.25) is 0 Å². The first-order valence-electron chi connectivity index (χ1n) is 9.21. The molecule has 0 unspecified atom stereocenters. The molecule has 4 rings (SSSR count). The van der Waals surface area contributed by atoms with Gasteiger partial charge in [-0.2, -0.15) is 9.36 Å². The lowest BCUT2D eigenvalue weighted by atomic mass is 10.0. The highest BCUT2D eigenvalue weighted by Crippen LogP contribution is 2.30. The molecule has 0 aliphatic heterocycles. The van der Waals surface area contributed by atoms with Crippen LogP contribution >= 0.6 is 0 Å². The number of nitrogens with zero attached hydrogens (tertiary/aromatic N) is 4. The highest BCUT2D eigenvalue weighted by molar-refractivity contribution is 5.66. The van der Waals surface area contributed by atoms with Crippen molar-refractivity contribution in [3.63, 3.8) is 0 Å². The smallest absolute Gasteiger partial charge is 0.368 e. The lowest BCUT2D eigenvalue weighted by Crippen LogP contribution is -2.23. The molecule has 0 spiro atoms. The van der Waals surface area contributed by atoms with Gasteiger partial charge >= 0.3 is 5.69 Å². The number of aryl methyl sites for hydroxylation is 2.